The molecule has 3 aromatic rings. The normalized spacial score (nSPS) is 22.8. The minimum atomic E-state index is -1.38. The quantitative estimate of drug-likeness (QED) is 0.535. The van der Waals surface area contributed by atoms with Gasteiger partial charge in [-0.1, -0.05) is 60.2 Å². The van der Waals surface area contributed by atoms with Gasteiger partial charge in [0.05, 0.1) is 18.2 Å². The van der Waals surface area contributed by atoms with Crippen molar-refractivity contribution >= 4 is 28.9 Å². The molecule has 2 aromatic carbocycles. The van der Waals surface area contributed by atoms with E-state index in [1.54, 1.807) is 0 Å². The Balaban J connectivity index is 1.77. The maximum absolute atomic E-state index is 14.0. The number of Topliss-reactive ketones (excluding diaryl/α,β-unsaturated/α-hetero) is 1. The summed E-state index contributed by atoms with van der Waals surface area (Å²) in [4.78, 5) is 16.0. The third-order valence-electron chi connectivity index (χ3n) is 6.42. The van der Waals surface area contributed by atoms with Crippen molar-refractivity contribution in [2.24, 2.45) is 5.41 Å². The topological polar surface area (TPSA) is 67.9 Å². The highest BCUT2D eigenvalue weighted by molar-refractivity contribution is 7.08. The van der Waals surface area contributed by atoms with E-state index in [9.17, 15) is 15.3 Å². The van der Waals surface area contributed by atoms with Gasteiger partial charge in [-0.3, -0.25) is 4.79 Å². The van der Waals surface area contributed by atoms with Crippen molar-refractivity contribution in [1.82, 2.24) is 0 Å². The fourth-order valence-corrected chi connectivity index (χ4v) is 5.64. The van der Waals surface area contributed by atoms with E-state index < -0.39 is 23.4 Å². The average molecular weight is 422 g/mol. The lowest BCUT2D eigenvalue weighted by molar-refractivity contribution is 0.0951. The van der Waals surface area contributed by atoms with Crippen LogP contribution in [0.25, 0.3) is 6.08 Å². The van der Waals surface area contributed by atoms with Crippen LogP contribution in [-0.4, -0.2) is 17.9 Å². The molecule has 4 nitrogen and oxygen atoms in total. The summed E-state index contributed by atoms with van der Waals surface area (Å²) < 4.78 is 0. The van der Waals surface area contributed by atoms with Crippen molar-refractivity contribution in [3.05, 3.63) is 93.7 Å². The van der Waals surface area contributed by atoms with E-state index in [-0.39, 0.29) is 5.78 Å². The number of carbonyl (C=O) groups excluding carboxylic acids is 1. The third kappa shape index (κ3) is 2.75. The van der Waals surface area contributed by atoms with E-state index in [1.807, 2.05) is 89.3 Å². The number of benzene rings is 2. The average Bonchev–Trinajstić information content (AvgIpc) is 3.43. The van der Waals surface area contributed by atoms with Crippen LogP contribution in [0.3, 0.4) is 0 Å². The van der Waals surface area contributed by atoms with Crippen LogP contribution < -0.4 is 4.90 Å². The zero-order chi connectivity index (χ0) is 21.6. The predicted octanol–water partition coefficient (Wildman–Crippen LogP) is 5.34. The Bertz CT molecular complexity index is 1250. The van der Waals surface area contributed by atoms with Crippen LogP contribution in [-0.2, 0) is 0 Å². The Morgan fingerprint density at radius 1 is 1.06 bits per heavy atom. The number of para-hydroxylation sites is 1. The molecular formula is C26H19N3OS. The molecule has 1 saturated heterocycles. The molecule has 31 heavy (non-hydrogen) atoms. The lowest BCUT2D eigenvalue weighted by Crippen LogP contribution is -2.44. The van der Waals surface area contributed by atoms with Gasteiger partial charge < -0.3 is 4.90 Å². The summed E-state index contributed by atoms with van der Waals surface area (Å²) in [6.45, 7) is 1.98. The van der Waals surface area contributed by atoms with Crippen molar-refractivity contribution in [3.63, 3.8) is 0 Å². The molecule has 2 aliphatic rings. The first-order valence-electron chi connectivity index (χ1n) is 10.1. The van der Waals surface area contributed by atoms with E-state index in [0.717, 1.165) is 22.4 Å². The monoisotopic (exact) mass is 421 g/mol. The number of ketones is 1. The second-order valence-electron chi connectivity index (χ2n) is 8.07. The Morgan fingerprint density at radius 2 is 1.81 bits per heavy atom. The maximum atomic E-state index is 14.0. The molecule has 0 amide bonds. The van der Waals surface area contributed by atoms with E-state index in [1.165, 1.54) is 11.3 Å². The van der Waals surface area contributed by atoms with Crippen LogP contribution in [0.4, 0.5) is 5.69 Å². The van der Waals surface area contributed by atoms with Crippen LogP contribution in [0.15, 0.2) is 71.4 Å². The SMILES string of the molecule is Cc1ccc(C(=O)[C@@H]2[C@@H](c3ccsc3)C(C#N)(C#N)[C@H]3C=Cc4ccccc4N23)cc1. The van der Waals surface area contributed by atoms with Crippen LogP contribution in [0.1, 0.15) is 33.0 Å². The van der Waals surface area contributed by atoms with Gasteiger partial charge in [-0.15, -0.1) is 0 Å². The number of aryl methyl sites for hydroxylation is 1. The van der Waals surface area contributed by atoms with Gasteiger partial charge in [0.25, 0.3) is 0 Å². The highest BCUT2D eigenvalue weighted by Gasteiger charge is 2.63. The highest BCUT2D eigenvalue weighted by Crippen LogP contribution is 2.55. The molecule has 5 rings (SSSR count). The number of anilines is 1. The van der Waals surface area contributed by atoms with Gasteiger partial charge in [-0.2, -0.15) is 21.9 Å². The Hall–Kier alpha value is -3.67. The lowest BCUT2D eigenvalue weighted by atomic mass is 9.69. The molecule has 0 unspecified atom stereocenters. The van der Waals surface area contributed by atoms with Gasteiger partial charge in [0.1, 0.15) is 6.04 Å². The molecule has 0 radical (unpaired) electrons. The van der Waals surface area contributed by atoms with Crippen molar-refractivity contribution in [3.8, 4) is 12.1 Å². The fraction of sp³-hybridized carbons (Fsp3) is 0.192. The van der Waals surface area contributed by atoms with Crippen molar-refractivity contribution in [2.75, 3.05) is 4.90 Å². The lowest BCUT2D eigenvalue weighted by Gasteiger charge is -2.35. The van der Waals surface area contributed by atoms with Gasteiger partial charge in [0.15, 0.2) is 11.2 Å². The number of nitrogens with zero attached hydrogens (tertiary/aromatic N) is 3. The predicted molar refractivity (Wildman–Crippen MR) is 122 cm³/mol. The minimum absolute atomic E-state index is 0.0707. The van der Waals surface area contributed by atoms with Gasteiger partial charge in [-0.05, 0) is 40.9 Å². The van der Waals surface area contributed by atoms with E-state index >= 15 is 0 Å². The molecule has 0 bridgehead atoms. The zero-order valence-corrected chi connectivity index (χ0v) is 17.7. The van der Waals surface area contributed by atoms with E-state index in [2.05, 4.69) is 12.1 Å². The van der Waals surface area contributed by atoms with E-state index in [4.69, 9.17) is 0 Å². The summed E-state index contributed by atoms with van der Waals surface area (Å²) in [5.74, 6) is -0.637. The zero-order valence-electron chi connectivity index (χ0n) is 16.9. The first-order valence-corrected chi connectivity index (χ1v) is 11.1. The summed E-state index contributed by atoms with van der Waals surface area (Å²) >= 11 is 1.51. The summed E-state index contributed by atoms with van der Waals surface area (Å²) in [5.41, 5.74) is 3.01. The highest BCUT2D eigenvalue weighted by atomic mass is 32.1. The molecule has 0 aliphatic carbocycles. The second-order valence-corrected chi connectivity index (χ2v) is 8.85. The summed E-state index contributed by atoms with van der Waals surface area (Å²) in [7, 11) is 0. The Labute approximate surface area is 185 Å². The fourth-order valence-electron chi connectivity index (χ4n) is 4.95. The molecule has 0 spiro atoms. The number of carbonyl (C=O) groups is 1. The van der Waals surface area contributed by atoms with Crippen molar-refractivity contribution < 1.29 is 4.79 Å². The molecule has 3 atom stereocenters. The number of fused-ring (bicyclic) bond motifs is 3. The molecular weight excluding hydrogens is 402 g/mol. The molecule has 3 heterocycles. The van der Waals surface area contributed by atoms with E-state index in [0.29, 0.717) is 5.56 Å². The van der Waals surface area contributed by atoms with Crippen molar-refractivity contribution in [2.45, 2.75) is 24.9 Å². The number of rotatable bonds is 3. The number of thiophene rings is 1. The Morgan fingerprint density at radius 3 is 2.48 bits per heavy atom. The largest absolute Gasteiger partial charge is 0.351 e. The smallest absolute Gasteiger partial charge is 0.185 e. The van der Waals surface area contributed by atoms with Crippen molar-refractivity contribution in [1.29, 1.82) is 10.5 Å². The molecule has 2 aliphatic heterocycles. The van der Waals surface area contributed by atoms with Crippen LogP contribution in [0.2, 0.25) is 0 Å². The van der Waals surface area contributed by atoms with Gasteiger partial charge in [0.2, 0.25) is 0 Å². The number of nitriles is 2. The summed E-state index contributed by atoms with van der Waals surface area (Å²) in [6.07, 6.45) is 3.87. The van der Waals surface area contributed by atoms with Crippen LogP contribution >= 0.6 is 11.3 Å². The third-order valence-corrected chi connectivity index (χ3v) is 7.12. The standard InChI is InChI=1S/C26H19N3OS/c1-17-6-8-19(9-7-17)25(30)24-23(20-12-13-31-14-20)26(15-27,16-28)22-11-10-18-4-2-3-5-21(18)29(22)24/h2-14,22-24H,1H3/t22-,23-,24+/m1/s1. The maximum Gasteiger partial charge on any atom is 0.185 e. The Kier molecular flexibility index (Phi) is 4.50. The van der Waals surface area contributed by atoms with Gasteiger partial charge in [-0.25, -0.2) is 0 Å². The minimum Gasteiger partial charge on any atom is -0.351 e. The van der Waals surface area contributed by atoms with Crippen LogP contribution in [0.5, 0.6) is 0 Å². The van der Waals surface area contributed by atoms with Crippen LogP contribution in [0, 0.1) is 35.0 Å². The number of hydrogen-bond donors (Lipinski definition) is 0. The van der Waals surface area contributed by atoms with Gasteiger partial charge >= 0.3 is 0 Å². The number of hydrogen-bond acceptors (Lipinski definition) is 5. The summed E-state index contributed by atoms with van der Waals surface area (Å²) in [6, 6.07) is 20.8. The molecule has 1 aromatic heterocycles. The first kappa shape index (κ1) is 19.3. The molecule has 150 valence electrons. The molecule has 1 fully saturated rings. The van der Waals surface area contributed by atoms with Gasteiger partial charge in [0, 0.05) is 17.2 Å². The molecule has 5 heteroatoms. The summed E-state index contributed by atoms with van der Waals surface area (Å²) in [5, 5.41) is 24.6. The first-order chi connectivity index (χ1) is 15.1. The second kappa shape index (κ2) is 7.23. The molecule has 0 saturated carbocycles. The molecule has 0 N–H and O–H groups in total.